The Kier molecular flexibility index (Phi) is 1.50. The molecule has 1 aromatic carbocycles. The van der Waals surface area contributed by atoms with Crippen LogP contribution < -0.4 is 10.5 Å². The lowest BCUT2D eigenvalue weighted by Crippen LogP contribution is -2.10. The van der Waals surface area contributed by atoms with E-state index in [1.807, 2.05) is 18.2 Å². The first-order valence-electron chi connectivity index (χ1n) is 3.87. The first kappa shape index (κ1) is 7.16. The standard InChI is InChI=1S/C9H10N2O/c10-9(11)7-1-2-8-6(5-7)3-4-12-8/h1-2,5H,3-4H2,(H3,10,11). The van der Waals surface area contributed by atoms with Crippen molar-refractivity contribution in [2.45, 2.75) is 6.42 Å². The van der Waals surface area contributed by atoms with Crippen LogP contribution in [0.2, 0.25) is 0 Å². The molecule has 0 amide bonds. The van der Waals surface area contributed by atoms with Gasteiger partial charge in [-0.15, -0.1) is 0 Å². The zero-order valence-electron chi connectivity index (χ0n) is 6.63. The number of amidine groups is 1. The van der Waals surface area contributed by atoms with Crippen LogP contribution in [0.3, 0.4) is 0 Å². The van der Waals surface area contributed by atoms with Gasteiger partial charge in [0.1, 0.15) is 11.6 Å². The van der Waals surface area contributed by atoms with E-state index < -0.39 is 0 Å². The summed E-state index contributed by atoms with van der Waals surface area (Å²) in [7, 11) is 0. The van der Waals surface area contributed by atoms with Crippen molar-refractivity contribution in [3.05, 3.63) is 29.3 Å². The largest absolute Gasteiger partial charge is 0.493 e. The summed E-state index contributed by atoms with van der Waals surface area (Å²) in [4.78, 5) is 0. The Bertz CT molecular complexity index is 333. The number of ether oxygens (including phenoxy) is 1. The van der Waals surface area contributed by atoms with Gasteiger partial charge in [0.25, 0.3) is 0 Å². The quantitative estimate of drug-likeness (QED) is 0.476. The minimum Gasteiger partial charge on any atom is -0.493 e. The fraction of sp³-hybridized carbons (Fsp3) is 0.222. The molecule has 62 valence electrons. The molecular formula is C9H10N2O. The van der Waals surface area contributed by atoms with Gasteiger partial charge >= 0.3 is 0 Å². The van der Waals surface area contributed by atoms with E-state index >= 15 is 0 Å². The highest BCUT2D eigenvalue weighted by Gasteiger charge is 2.12. The van der Waals surface area contributed by atoms with E-state index in [0.717, 1.165) is 29.9 Å². The first-order chi connectivity index (χ1) is 5.77. The minimum absolute atomic E-state index is 0.115. The molecule has 1 aromatic rings. The Morgan fingerprint density at radius 3 is 3.08 bits per heavy atom. The maximum absolute atomic E-state index is 7.24. The zero-order valence-corrected chi connectivity index (χ0v) is 6.63. The lowest BCUT2D eigenvalue weighted by Gasteiger charge is -2.01. The number of nitrogens with two attached hydrogens (primary N) is 1. The monoisotopic (exact) mass is 162 g/mol. The predicted octanol–water partition coefficient (Wildman–Crippen LogP) is 0.906. The summed E-state index contributed by atoms with van der Waals surface area (Å²) < 4.78 is 5.32. The fourth-order valence-corrected chi connectivity index (χ4v) is 1.35. The van der Waals surface area contributed by atoms with Crippen molar-refractivity contribution in [1.82, 2.24) is 0 Å². The van der Waals surface area contributed by atoms with E-state index in [2.05, 4.69) is 0 Å². The molecule has 1 aliphatic heterocycles. The molecule has 1 heterocycles. The van der Waals surface area contributed by atoms with Gasteiger partial charge in [-0.05, 0) is 23.8 Å². The van der Waals surface area contributed by atoms with Gasteiger partial charge < -0.3 is 10.5 Å². The van der Waals surface area contributed by atoms with Crippen molar-refractivity contribution in [3.8, 4) is 5.75 Å². The Morgan fingerprint density at radius 1 is 1.50 bits per heavy atom. The van der Waals surface area contributed by atoms with Gasteiger partial charge in [-0.1, -0.05) is 0 Å². The molecule has 0 bridgehead atoms. The third-order valence-electron chi connectivity index (χ3n) is 2.00. The van der Waals surface area contributed by atoms with Crippen molar-refractivity contribution >= 4 is 5.84 Å². The van der Waals surface area contributed by atoms with Crippen LogP contribution >= 0.6 is 0 Å². The highest BCUT2D eigenvalue weighted by atomic mass is 16.5. The van der Waals surface area contributed by atoms with Crippen LogP contribution in [-0.2, 0) is 6.42 Å². The predicted molar refractivity (Wildman–Crippen MR) is 46.7 cm³/mol. The molecule has 0 unspecified atom stereocenters. The number of nitrogens with one attached hydrogen (secondary N) is 1. The second-order valence-corrected chi connectivity index (χ2v) is 2.83. The van der Waals surface area contributed by atoms with Crippen LogP contribution in [0.5, 0.6) is 5.75 Å². The second kappa shape index (κ2) is 2.52. The molecule has 3 heteroatoms. The van der Waals surface area contributed by atoms with Crippen molar-refractivity contribution in [1.29, 1.82) is 5.41 Å². The maximum Gasteiger partial charge on any atom is 0.122 e. The molecule has 0 spiro atoms. The number of hydrogen-bond acceptors (Lipinski definition) is 2. The number of hydrogen-bond donors (Lipinski definition) is 2. The van der Waals surface area contributed by atoms with Gasteiger partial charge in [0.15, 0.2) is 0 Å². The number of nitrogen functional groups attached to an aromatic ring is 1. The lowest BCUT2D eigenvalue weighted by molar-refractivity contribution is 0.357. The third-order valence-corrected chi connectivity index (χ3v) is 2.00. The second-order valence-electron chi connectivity index (χ2n) is 2.83. The van der Waals surface area contributed by atoms with Crippen LogP contribution in [-0.4, -0.2) is 12.4 Å². The smallest absolute Gasteiger partial charge is 0.122 e. The van der Waals surface area contributed by atoms with E-state index in [-0.39, 0.29) is 5.84 Å². The Hall–Kier alpha value is -1.51. The van der Waals surface area contributed by atoms with Gasteiger partial charge in [0.2, 0.25) is 0 Å². The summed E-state index contributed by atoms with van der Waals surface area (Å²) in [6, 6.07) is 5.61. The molecule has 2 rings (SSSR count). The number of fused-ring (bicyclic) bond motifs is 1. The molecule has 0 aliphatic carbocycles. The third kappa shape index (κ3) is 1.03. The molecule has 1 aliphatic rings. The Labute approximate surface area is 70.7 Å². The molecule has 0 saturated heterocycles. The van der Waals surface area contributed by atoms with Crippen molar-refractivity contribution < 1.29 is 4.74 Å². The van der Waals surface area contributed by atoms with Crippen molar-refractivity contribution in [2.75, 3.05) is 6.61 Å². The zero-order chi connectivity index (χ0) is 8.55. The number of rotatable bonds is 1. The van der Waals surface area contributed by atoms with Crippen LogP contribution in [0.4, 0.5) is 0 Å². The first-order valence-corrected chi connectivity index (χ1v) is 3.87. The van der Waals surface area contributed by atoms with Crippen LogP contribution in [0, 0.1) is 5.41 Å². The summed E-state index contributed by atoms with van der Waals surface area (Å²) in [5, 5.41) is 7.24. The van der Waals surface area contributed by atoms with Crippen LogP contribution in [0.15, 0.2) is 18.2 Å². The minimum atomic E-state index is 0.115. The molecule has 0 aromatic heterocycles. The van der Waals surface area contributed by atoms with Gasteiger partial charge in [0, 0.05) is 12.0 Å². The van der Waals surface area contributed by atoms with Gasteiger partial charge in [-0.3, -0.25) is 5.41 Å². The average molecular weight is 162 g/mol. The topological polar surface area (TPSA) is 59.1 Å². The summed E-state index contributed by atoms with van der Waals surface area (Å²) in [6.07, 6.45) is 0.927. The highest BCUT2D eigenvalue weighted by Crippen LogP contribution is 2.25. The van der Waals surface area contributed by atoms with E-state index in [1.54, 1.807) is 0 Å². The van der Waals surface area contributed by atoms with Gasteiger partial charge in [-0.25, -0.2) is 0 Å². The van der Waals surface area contributed by atoms with E-state index in [1.165, 1.54) is 0 Å². The Balaban J connectivity index is 2.45. The summed E-state index contributed by atoms with van der Waals surface area (Å²) in [6.45, 7) is 0.747. The molecular weight excluding hydrogens is 152 g/mol. The normalized spacial score (nSPS) is 13.7. The summed E-state index contributed by atoms with van der Waals surface area (Å²) in [5.41, 5.74) is 7.28. The van der Waals surface area contributed by atoms with E-state index in [0.29, 0.717) is 0 Å². The Morgan fingerprint density at radius 2 is 2.33 bits per heavy atom. The van der Waals surface area contributed by atoms with Crippen molar-refractivity contribution in [2.24, 2.45) is 5.73 Å². The molecule has 12 heavy (non-hydrogen) atoms. The molecule has 3 nitrogen and oxygen atoms in total. The highest BCUT2D eigenvalue weighted by molar-refractivity contribution is 5.95. The molecule has 0 fully saturated rings. The SMILES string of the molecule is N=C(N)c1ccc2c(c1)CCO2. The van der Waals surface area contributed by atoms with E-state index in [9.17, 15) is 0 Å². The fourth-order valence-electron chi connectivity index (χ4n) is 1.35. The molecule has 3 N–H and O–H groups in total. The maximum atomic E-state index is 7.24. The molecule has 0 atom stereocenters. The van der Waals surface area contributed by atoms with Gasteiger partial charge in [-0.2, -0.15) is 0 Å². The van der Waals surface area contributed by atoms with Crippen molar-refractivity contribution in [3.63, 3.8) is 0 Å². The van der Waals surface area contributed by atoms with Crippen LogP contribution in [0.1, 0.15) is 11.1 Å². The molecule has 0 saturated carbocycles. The number of benzene rings is 1. The summed E-state index contributed by atoms with van der Waals surface area (Å²) in [5.74, 6) is 1.05. The lowest BCUT2D eigenvalue weighted by atomic mass is 10.1. The van der Waals surface area contributed by atoms with Gasteiger partial charge in [0.05, 0.1) is 6.61 Å². The summed E-state index contributed by atoms with van der Waals surface area (Å²) >= 11 is 0. The molecule has 0 radical (unpaired) electrons. The van der Waals surface area contributed by atoms with E-state index in [4.69, 9.17) is 15.9 Å². The van der Waals surface area contributed by atoms with Crippen LogP contribution in [0.25, 0.3) is 0 Å². The average Bonchev–Trinajstić information content (AvgIpc) is 2.49.